The zero-order chi connectivity index (χ0) is 20.3. The Morgan fingerprint density at radius 3 is 2.48 bits per heavy atom. The van der Waals surface area contributed by atoms with Gasteiger partial charge in [0, 0.05) is 30.9 Å². The molecule has 2 aliphatic rings. The molecule has 3 aromatic rings. The first-order chi connectivity index (χ1) is 14.8. The van der Waals surface area contributed by atoms with Gasteiger partial charge in [-0.15, -0.1) is 12.4 Å². The Morgan fingerprint density at radius 2 is 1.58 bits per heavy atom. The van der Waals surface area contributed by atoms with Crippen LogP contribution >= 0.6 is 12.4 Å². The fraction of sp³-hybridized carbons (Fsp3) is 0.280. The predicted molar refractivity (Wildman–Crippen MR) is 125 cm³/mol. The van der Waals surface area contributed by atoms with Crippen LogP contribution in [0.2, 0.25) is 0 Å². The molecule has 31 heavy (non-hydrogen) atoms. The van der Waals surface area contributed by atoms with Gasteiger partial charge in [-0.05, 0) is 49.4 Å². The molecule has 0 bridgehead atoms. The van der Waals surface area contributed by atoms with Crippen LogP contribution in [0.25, 0.3) is 0 Å². The molecule has 0 fully saturated rings. The maximum Gasteiger partial charge on any atom is 0.231 e. The second-order valence-electron chi connectivity index (χ2n) is 7.78. The zero-order valence-corrected chi connectivity index (χ0v) is 18.4. The van der Waals surface area contributed by atoms with Crippen LogP contribution in [0, 0.1) is 0 Å². The second-order valence-corrected chi connectivity index (χ2v) is 7.78. The number of fused-ring (bicyclic) bond motifs is 3. The summed E-state index contributed by atoms with van der Waals surface area (Å²) >= 11 is 0. The van der Waals surface area contributed by atoms with E-state index in [0.717, 1.165) is 49.0 Å². The lowest BCUT2D eigenvalue weighted by Gasteiger charge is -2.28. The molecule has 0 unspecified atom stereocenters. The number of hydrogen-bond acceptors (Lipinski definition) is 5. The van der Waals surface area contributed by atoms with Crippen molar-refractivity contribution in [2.75, 3.05) is 38.4 Å². The van der Waals surface area contributed by atoms with Crippen molar-refractivity contribution in [3.05, 3.63) is 77.9 Å². The van der Waals surface area contributed by atoms with Crippen molar-refractivity contribution >= 4 is 23.8 Å². The molecule has 0 saturated carbocycles. The summed E-state index contributed by atoms with van der Waals surface area (Å²) in [6, 6.07) is 23.0. The molecule has 0 N–H and O–H groups in total. The first kappa shape index (κ1) is 21.3. The smallest absolute Gasteiger partial charge is 0.231 e. The summed E-state index contributed by atoms with van der Waals surface area (Å²) in [5, 5.41) is 0. The molecule has 2 aliphatic heterocycles. The van der Waals surface area contributed by atoms with Gasteiger partial charge in [0.25, 0.3) is 0 Å². The Labute approximate surface area is 189 Å². The molecule has 5 rings (SSSR count). The predicted octanol–water partition coefficient (Wildman–Crippen LogP) is 5.04. The lowest BCUT2D eigenvalue weighted by Crippen LogP contribution is -2.32. The molecule has 0 amide bonds. The van der Waals surface area contributed by atoms with Crippen molar-refractivity contribution in [1.82, 2.24) is 4.90 Å². The van der Waals surface area contributed by atoms with Crippen LogP contribution in [0.3, 0.4) is 0 Å². The quantitative estimate of drug-likeness (QED) is 0.538. The van der Waals surface area contributed by atoms with Crippen molar-refractivity contribution in [2.45, 2.75) is 13.0 Å². The number of halogens is 1. The molecule has 3 aromatic carbocycles. The summed E-state index contributed by atoms with van der Waals surface area (Å²) < 4.78 is 17.0. The highest BCUT2D eigenvalue weighted by atomic mass is 35.5. The highest BCUT2D eigenvalue weighted by Gasteiger charge is 2.21. The van der Waals surface area contributed by atoms with E-state index < -0.39 is 0 Å². The van der Waals surface area contributed by atoms with Crippen LogP contribution in [0.4, 0.5) is 11.4 Å². The van der Waals surface area contributed by atoms with Crippen LogP contribution in [0.5, 0.6) is 17.2 Å². The van der Waals surface area contributed by atoms with E-state index in [-0.39, 0.29) is 12.4 Å². The van der Waals surface area contributed by atoms with Gasteiger partial charge in [0.2, 0.25) is 6.79 Å². The third-order valence-electron chi connectivity index (χ3n) is 5.75. The van der Waals surface area contributed by atoms with Gasteiger partial charge in [0.1, 0.15) is 12.4 Å². The summed E-state index contributed by atoms with van der Waals surface area (Å²) in [4.78, 5) is 4.76. The van der Waals surface area contributed by atoms with E-state index >= 15 is 0 Å². The number of ether oxygens (including phenoxy) is 3. The fourth-order valence-electron chi connectivity index (χ4n) is 4.02. The summed E-state index contributed by atoms with van der Waals surface area (Å²) in [6.45, 7) is 3.75. The molecule has 6 heteroatoms. The van der Waals surface area contributed by atoms with Crippen molar-refractivity contribution in [1.29, 1.82) is 0 Å². The molecule has 0 radical (unpaired) electrons. The molecular formula is C25H27ClN2O3. The first-order valence-electron chi connectivity index (χ1n) is 10.4. The van der Waals surface area contributed by atoms with Crippen molar-refractivity contribution in [3.63, 3.8) is 0 Å². The van der Waals surface area contributed by atoms with E-state index in [1.165, 1.54) is 16.8 Å². The molecule has 0 aromatic heterocycles. The number of para-hydroxylation sites is 3. The van der Waals surface area contributed by atoms with Crippen molar-refractivity contribution in [2.24, 2.45) is 0 Å². The van der Waals surface area contributed by atoms with Crippen LogP contribution < -0.4 is 19.1 Å². The van der Waals surface area contributed by atoms with E-state index in [9.17, 15) is 0 Å². The Morgan fingerprint density at radius 1 is 0.806 bits per heavy atom. The van der Waals surface area contributed by atoms with E-state index in [0.29, 0.717) is 13.4 Å². The van der Waals surface area contributed by atoms with Gasteiger partial charge in [-0.25, -0.2) is 0 Å². The summed E-state index contributed by atoms with van der Waals surface area (Å²) in [6.07, 6.45) is 0.976. The van der Waals surface area contributed by atoms with Crippen molar-refractivity contribution < 1.29 is 14.2 Å². The summed E-state index contributed by atoms with van der Waals surface area (Å²) in [5.74, 6) is 2.64. The minimum atomic E-state index is 0. The van der Waals surface area contributed by atoms with Gasteiger partial charge in [0.05, 0.1) is 5.69 Å². The molecule has 0 atom stereocenters. The van der Waals surface area contributed by atoms with Crippen molar-refractivity contribution in [3.8, 4) is 17.2 Å². The number of likely N-dealkylation sites (N-methyl/N-ethyl adjacent to an activating group) is 1. The molecule has 0 saturated heterocycles. The molecule has 2 heterocycles. The highest BCUT2D eigenvalue weighted by molar-refractivity contribution is 5.85. The average Bonchev–Trinajstić information content (AvgIpc) is 3.19. The van der Waals surface area contributed by atoms with Gasteiger partial charge < -0.3 is 24.0 Å². The fourth-order valence-corrected chi connectivity index (χ4v) is 4.02. The Hall–Kier alpha value is -2.89. The zero-order valence-electron chi connectivity index (χ0n) is 17.6. The SMILES string of the molecule is CN(CCc1ccc2c(c1)OCO2)CCN1c2ccccc2COc2ccccc21.Cl. The van der Waals surface area contributed by atoms with Gasteiger partial charge in [-0.1, -0.05) is 36.4 Å². The third-order valence-corrected chi connectivity index (χ3v) is 5.75. The number of hydrogen-bond donors (Lipinski definition) is 0. The molecule has 5 nitrogen and oxygen atoms in total. The van der Waals surface area contributed by atoms with Gasteiger partial charge in [-0.2, -0.15) is 0 Å². The Balaban J connectivity index is 0.00000231. The molecule has 162 valence electrons. The third kappa shape index (κ3) is 4.58. The van der Waals surface area contributed by atoms with Crippen LogP contribution in [0.15, 0.2) is 66.7 Å². The van der Waals surface area contributed by atoms with Crippen LogP contribution in [-0.4, -0.2) is 38.4 Å². The monoisotopic (exact) mass is 438 g/mol. The minimum absolute atomic E-state index is 0. The normalized spacial score (nSPS) is 13.7. The second kappa shape index (κ2) is 9.50. The topological polar surface area (TPSA) is 34.2 Å². The van der Waals surface area contributed by atoms with E-state index in [2.05, 4.69) is 71.4 Å². The minimum Gasteiger partial charge on any atom is -0.487 e. The van der Waals surface area contributed by atoms with E-state index in [4.69, 9.17) is 14.2 Å². The number of anilines is 2. The Bertz CT molecular complexity index is 995. The first-order valence-corrected chi connectivity index (χ1v) is 10.4. The standard InChI is InChI=1S/C25H26N2O3.ClH/c1-26(13-12-19-10-11-24-25(16-19)30-18-29-24)14-15-27-21-7-3-2-6-20(21)17-28-23-9-5-4-8-22(23)27;/h2-11,16H,12-15,17-18H2,1H3;1H. The highest BCUT2D eigenvalue weighted by Crippen LogP contribution is 2.39. The van der Waals surface area contributed by atoms with Gasteiger partial charge in [0.15, 0.2) is 11.5 Å². The lowest BCUT2D eigenvalue weighted by molar-refractivity contribution is 0.174. The van der Waals surface area contributed by atoms with Crippen LogP contribution in [0.1, 0.15) is 11.1 Å². The maximum atomic E-state index is 6.08. The molecular weight excluding hydrogens is 412 g/mol. The maximum absolute atomic E-state index is 6.08. The average molecular weight is 439 g/mol. The lowest BCUT2D eigenvalue weighted by atomic mass is 10.1. The summed E-state index contributed by atoms with van der Waals surface area (Å²) in [5.41, 5.74) is 4.85. The Kier molecular flexibility index (Phi) is 6.54. The molecule has 0 aliphatic carbocycles. The van der Waals surface area contributed by atoms with Crippen LogP contribution in [-0.2, 0) is 13.0 Å². The number of rotatable bonds is 6. The van der Waals surface area contributed by atoms with Gasteiger partial charge in [-0.3, -0.25) is 0 Å². The largest absolute Gasteiger partial charge is 0.487 e. The number of nitrogens with zero attached hydrogens (tertiary/aromatic N) is 2. The van der Waals surface area contributed by atoms with E-state index in [1.54, 1.807) is 0 Å². The van der Waals surface area contributed by atoms with Gasteiger partial charge >= 0.3 is 0 Å². The number of benzene rings is 3. The summed E-state index contributed by atoms with van der Waals surface area (Å²) in [7, 11) is 2.18. The molecule has 0 spiro atoms. The van der Waals surface area contributed by atoms with E-state index in [1.807, 2.05) is 12.1 Å².